The zero-order chi connectivity index (χ0) is 10.1. The van der Waals surface area contributed by atoms with E-state index >= 15 is 0 Å². The van der Waals surface area contributed by atoms with Crippen LogP contribution < -0.4 is 5.32 Å². The quantitative estimate of drug-likeness (QED) is 0.661. The summed E-state index contributed by atoms with van der Waals surface area (Å²) in [6.45, 7) is 9.96. The molecule has 0 bridgehead atoms. The largest absolute Gasteiger partial charge is 0.355 e. The van der Waals surface area contributed by atoms with Gasteiger partial charge in [0.1, 0.15) is 0 Å². The van der Waals surface area contributed by atoms with Gasteiger partial charge in [-0.3, -0.25) is 0 Å². The second kappa shape index (κ2) is 3.33. The monoisotopic (exact) mass is 185 g/mol. The summed E-state index contributed by atoms with van der Waals surface area (Å²) >= 11 is 0. The van der Waals surface area contributed by atoms with Crippen molar-refractivity contribution in [3.8, 4) is 0 Å². The minimum atomic E-state index is 0.961. The topological polar surface area (TPSA) is 12.0 Å². The third kappa shape index (κ3) is 1.46. The first kappa shape index (κ1) is 9.07. The van der Waals surface area contributed by atoms with Gasteiger partial charge < -0.3 is 5.32 Å². The van der Waals surface area contributed by atoms with Crippen molar-refractivity contribution in [3.63, 3.8) is 0 Å². The minimum Gasteiger partial charge on any atom is -0.355 e. The maximum atomic E-state index is 4.00. The standard InChI is InChI=1S/C13H15N/c1-9(2)12-8-11-6-4-5-7-13(11)14-10(12)3/h6-8,14H,1,3-5H2,2H3. The molecule has 1 aliphatic carbocycles. The second-order valence-electron chi connectivity index (χ2n) is 3.80. The lowest BCUT2D eigenvalue weighted by atomic mass is 9.93. The summed E-state index contributed by atoms with van der Waals surface area (Å²) in [5.41, 5.74) is 5.64. The van der Waals surface area contributed by atoms with Crippen molar-refractivity contribution in [1.82, 2.24) is 5.32 Å². The molecule has 1 N–H and O–H groups in total. The Morgan fingerprint density at radius 2 is 2.07 bits per heavy atom. The summed E-state index contributed by atoms with van der Waals surface area (Å²) in [7, 11) is 0. The van der Waals surface area contributed by atoms with Crippen LogP contribution in [-0.2, 0) is 0 Å². The van der Waals surface area contributed by atoms with Crippen LogP contribution in [0.15, 0.2) is 59.5 Å². The van der Waals surface area contributed by atoms with Gasteiger partial charge in [0.05, 0.1) is 0 Å². The molecule has 0 atom stereocenters. The zero-order valence-corrected chi connectivity index (χ0v) is 8.56. The van der Waals surface area contributed by atoms with Crippen molar-refractivity contribution in [2.45, 2.75) is 19.8 Å². The van der Waals surface area contributed by atoms with E-state index in [4.69, 9.17) is 0 Å². The number of hydrogen-bond donors (Lipinski definition) is 1. The van der Waals surface area contributed by atoms with E-state index < -0.39 is 0 Å². The van der Waals surface area contributed by atoms with Gasteiger partial charge in [-0.25, -0.2) is 0 Å². The van der Waals surface area contributed by atoms with Crippen LogP contribution in [-0.4, -0.2) is 0 Å². The molecule has 0 radical (unpaired) electrons. The Balaban J connectivity index is 2.43. The molecule has 2 rings (SSSR count). The first-order valence-corrected chi connectivity index (χ1v) is 4.93. The van der Waals surface area contributed by atoms with E-state index in [2.05, 4.69) is 36.7 Å². The van der Waals surface area contributed by atoms with E-state index in [1.807, 2.05) is 6.92 Å². The van der Waals surface area contributed by atoms with Gasteiger partial charge in [-0.05, 0) is 37.0 Å². The van der Waals surface area contributed by atoms with Gasteiger partial charge in [-0.15, -0.1) is 0 Å². The zero-order valence-electron chi connectivity index (χ0n) is 8.56. The molecular formula is C13H15N. The molecule has 1 heteroatoms. The predicted octanol–water partition coefficient (Wildman–Crippen LogP) is 3.21. The van der Waals surface area contributed by atoms with Crippen molar-refractivity contribution in [1.29, 1.82) is 0 Å². The highest BCUT2D eigenvalue weighted by Crippen LogP contribution is 2.29. The first-order valence-electron chi connectivity index (χ1n) is 4.93. The summed E-state index contributed by atoms with van der Waals surface area (Å²) in [5.74, 6) is 0. The second-order valence-corrected chi connectivity index (χ2v) is 3.80. The van der Waals surface area contributed by atoms with E-state index in [-0.39, 0.29) is 0 Å². The lowest BCUT2D eigenvalue weighted by molar-refractivity contribution is 0.904. The highest BCUT2D eigenvalue weighted by atomic mass is 14.9. The molecule has 1 aliphatic heterocycles. The van der Waals surface area contributed by atoms with Crippen molar-refractivity contribution in [2.75, 3.05) is 0 Å². The molecule has 14 heavy (non-hydrogen) atoms. The van der Waals surface area contributed by atoms with Gasteiger partial charge in [0.2, 0.25) is 0 Å². The van der Waals surface area contributed by atoms with Crippen LogP contribution in [0, 0.1) is 0 Å². The molecule has 1 nitrogen and oxygen atoms in total. The molecule has 0 aromatic heterocycles. The number of nitrogens with one attached hydrogen (secondary N) is 1. The summed E-state index contributed by atoms with van der Waals surface area (Å²) in [6.07, 6.45) is 8.92. The van der Waals surface area contributed by atoms with Gasteiger partial charge >= 0.3 is 0 Å². The van der Waals surface area contributed by atoms with Gasteiger partial charge in [0.15, 0.2) is 0 Å². The molecular weight excluding hydrogens is 170 g/mol. The van der Waals surface area contributed by atoms with Crippen LogP contribution >= 0.6 is 0 Å². The van der Waals surface area contributed by atoms with Gasteiger partial charge in [0.25, 0.3) is 0 Å². The van der Waals surface area contributed by atoms with E-state index in [1.54, 1.807) is 0 Å². The van der Waals surface area contributed by atoms with Crippen LogP contribution in [0.3, 0.4) is 0 Å². The predicted molar refractivity (Wildman–Crippen MR) is 60.6 cm³/mol. The van der Waals surface area contributed by atoms with Crippen molar-refractivity contribution >= 4 is 0 Å². The van der Waals surface area contributed by atoms with Gasteiger partial charge in [-0.2, -0.15) is 0 Å². The van der Waals surface area contributed by atoms with Crippen LogP contribution in [0.5, 0.6) is 0 Å². The fourth-order valence-corrected chi connectivity index (χ4v) is 1.81. The summed E-state index contributed by atoms with van der Waals surface area (Å²) in [6, 6.07) is 0. The molecule has 72 valence electrons. The Morgan fingerprint density at radius 1 is 1.36 bits per heavy atom. The average molecular weight is 185 g/mol. The highest BCUT2D eigenvalue weighted by Gasteiger charge is 2.16. The average Bonchev–Trinajstić information content (AvgIpc) is 2.16. The van der Waals surface area contributed by atoms with Crippen molar-refractivity contribution in [3.05, 3.63) is 59.5 Å². The summed E-state index contributed by atoms with van der Waals surface area (Å²) in [5, 5.41) is 3.32. The fraction of sp³-hybridized carbons (Fsp3) is 0.231. The summed E-state index contributed by atoms with van der Waals surface area (Å²) in [4.78, 5) is 0. The highest BCUT2D eigenvalue weighted by molar-refractivity contribution is 5.57. The fourth-order valence-electron chi connectivity index (χ4n) is 1.81. The Morgan fingerprint density at radius 3 is 2.79 bits per heavy atom. The van der Waals surface area contributed by atoms with E-state index in [9.17, 15) is 0 Å². The van der Waals surface area contributed by atoms with E-state index in [1.165, 1.54) is 11.3 Å². The van der Waals surface area contributed by atoms with Gasteiger partial charge in [0, 0.05) is 17.0 Å². The lowest BCUT2D eigenvalue weighted by Gasteiger charge is -2.25. The minimum absolute atomic E-state index is 0.961. The van der Waals surface area contributed by atoms with E-state index in [0.717, 1.165) is 29.7 Å². The molecule has 0 unspecified atom stereocenters. The maximum Gasteiger partial charge on any atom is 0.0414 e. The number of hydrogen-bond acceptors (Lipinski definition) is 1. The Kier molecular flexibility index (Phi) is 2.16. The SMILES string of the molecule is C=C(C)C1=CC2=CCCC=C2NC1=C. The Hall–Kier alpha value is -1.50. The molecule has 0 fully saturated rings. The van der Waals surface area contributed by atoms with Crippen molar-refractivity contribution < 1.29 is 0 Å². The van der Waals surface area contributed by atoms with Crippen LogP contribution in [0.4, 0.5) is 0 Å². The van der Waals surface area contributed by atoms with Gasteiger partial charge in [-0.1, -0.05) is 25.3 Å². The normalized spacial score (nSPS) is 20.1. The third-order valence-corrected chi connectivity index (χ3v) is 2.56. The Bertz CT molecular complexity index is 391. The number of allylic oxidation sites excluding steroid dienone is 4. The van der Waals surface area contributed by atoms with Crippen LogP contribution in [0.1, 0.15) is 19.8 Å². The molecule has 0 saturated heterocycles. The molecule has 0 saturated carbocycles. The molecule has 0 spiro atoms. The van der Waals surface area contributed by atoms with Crippen LogP contribution in [0.25, 0.3) is 0 Å². The summed E-state index contributed by atoms with van der Waals surface area (Å²) < 4.78 is 0. The molecule has 0 aromatic carbocycles. The smallest absolute Gasteiger partial charge is 0.0414 e. The Labute approximate surface area is 85.2 Å². The number of rotatable bonds is 1. The van der Waals surface area contributed by atoms with Crippen LogP contribution in [0.2, 0.25) is 0 Å². The first-order chi connectivity index (χ1) is 6.68. The molecule has 2 aliphatic rings. The van der Waals surface area contributed by atoms with Crippen molar-refractivity contribution in [2.24, 2.45) is 0 Å². The number of fused-ring (bicyclic) bond motifs is 1. The molecule has 1 heterocycles. The molecule has 0 amide bonds. The third-order valence-electron chi connectivity index (χ3n) is 2.56. The maximum absolute atomic E-state index is 4.00. The molecule has 0 aromatic rings. The lowest BCUT2D eigenvalue weighted by Crippen LogP contribution is -2.21. The van der Waals surface area contributed by atoms with E-state index in [0.29, 0.717) is 0 Å².